The smallest absolute Gasteiger partial charge is 0.247 e. The number of hydrogen-bond acceptors (Lipinski definition) is 4. The van der Waals surface area contributed by atoms with Crippen LogP contribution >= 0.6 is 23.2 Å². The number of benzene rings is 1. The van der Waals surface area contributed by atoms with Crippen molar-refractivity contribution in [2.24, 2.45) is 0 Å². The van der Waals surface area contributed by atoms with Crippen LogP contribution in [0.5, 0.6) is 5.75 Å². The van der Waals surface area contributed by atoms with Crippen molar-refractivity contribution < 1.29 is 9.15 Å². The predicted molar refractivity (Wildman–Crippen MR) is 73.8 cm³/mol. The molecular weight excluding hydrogens is 287 g/mol. The zero-order valence-corrected chi connectivity index (χ0v) is 11.4. The molecule has 0 bridgehead atoms. The molecule has 3 rings (SSSR count). The van der Waals surface area contributed by atoms with Gasteiger partial charge >= 0.3 is 0 Å². The molecule has 0 fully saturated rings. The van der Waals surface area contributed by atoms with Crippen LogP contribution in [0.15, 0.2) is 34.9 Å². The SMILES string of the molecule is COc1ccc(-c2nc3cc(Cl)cnc3o2)cc1Cl. The number of nitrogens with zero attached hydrogens (tertiary/aromatic N) is 2. The second-order valence-corrected chi connectivity index (χ2v) is 4.69. The zero-order valence-electron chi connectivity index (χ0n) is 9.85. The van der Waals surface area contributed by atoms with Crippen LogP contribution in [0.1, 0.15) is 0 Å². The van der Waals surface area contributed by atoms with Crippen LogP contribution in [0.25, 0.3) is 22.7 Å². The second kappa shape index (κ2) is 4.72. The van der Waals surface area contributed by atoms with Crippen LogP contribution in [0, 0.1) is 0 Å². The minimum atomic E-state index is 0.436. The summed E-state index contributed by atoms with van der Waals surface area (Å²) in [5.74, 6) is 1.04. The summed E-state index contributed by atoms with van der Waals surface area (Å²) in [4.78, 5) is 8.39. The molecule has 0 saturated heterocycles. The number of oxazole rings is 1. The lowest BCUT2D eigenvalue weighted by atomic mass is 10.2. The molecule has 1 aromatic carbocycles. The molecular formula is C13H8Cl2N2O2. The number of hydrogen-bond donors (Lipinski definition) is 0. The zero-order chi connectivity index (χ0) is 13.4. The van der Waals surface area contributed by atoms with E-state index < -0.39 is 0 Å². The number of rotatable bonds is 2. The Morgan fingerprint density at radius 1 is 1.21 bits per heavy atom. The first-order valence-corrected chi connectivity index (χ1v) is 6.19. The number of aromatic nitrogens is 2. The van der Waals surface area contributed by atoms with E-state index in [-0.39, 0.29) is 0 Å². The van der Waals surface area contributed by atoms with Crippen molar-refractivity contribution in [3.63, 3.8) is 0 Å². The Labute approximate surface area is 118 Å². The topological polar surface area (TPSA) is 48.2 Å². The average Bonchev–Trinajstić information content (AvgIpc) is 2.81. The molecule has 96 valence electrons. The Kier molecular flexibility index (Phi) is 3.05. The Morgan fingerprint density at radius 2 is 2.05 bits per heavy atom. The van der Waals surface area contributed by atoms with Crippen LogP contribution in [0.4, 0.5) is 0 Å². The van der Waals surface area contributed by atoms with Crippen LogP contribution in [0.2, 0.25) is 10.0 Å². The Morgan fingerprint density at radius 3 is 2.79 bits per heavy atom. The number of methoxy groups -OCH3 is 1. The summed E-state index contributed by atoms with van der Waals surface area (Å²) in [5, 5.41) is 1.01. The maximum absolute atomic E-state index is 6.07. The molecule has 0 unspecified atom stereocenters. The molecule has 3 aromatic rings. The third-order valence-corrected chi connectivity index (χ3v) is 3.12. The lowest BCUT2D eigenvalue weighted by Crippen LogP contribution is -1.85. The van der Waals surface area contributed by atoms with Gasteiger partial charge in [0.2, 0.25) is 11.6 Å². The van der Waals surface area contributed by atoms with Gasteiger partial charge in [-0.15, -0.1) is 0 Å². The van der Waals surface area contributed by atoms with Gasteiger partial charge in [0.25, 0.3) is 0 Å². The van der Waals surface area contributed by atoms with Gasteiger partial charge in [-0.05, 0) is 24.3 Å². The van der Waals surface area contributed by atoms with Gasteiger partial charge in [0, 0.05) is 11.8 Å². The molecule has 0 spiro atoms. The minimum absolute atomic E-state index is 0.436. The average molecular weight is 295 g/mol. The first-order chi connectivity index (χ1) is 9.17. The van der Waals surface area contributed by atoms with Crippen molar-refractivity contribution in [2.45, 2.75) is 0 Å². The second-order valence-electron chi connectivity index (χ2n) is 3.85. The first-order valence-electron chi connectivity index (χ1n) is 5.43. The van der Waals surface area contributed by atoms with Crippen molar-refractivity contribution in [1.29, 1.82) is 0 Å². The quantitative estimate of drug-likeness (QED) is 0.710. The fourth-order valence-corrected chi connectivity index (χ4v) is 2.13. The van der Waals surface area contributed by atoms with E-state index in [1.807, 2.05) is 6.07 Å². The third kappa shape index (κ3) is 2.25. The van der Waals surface area contributed by atoms with Gasteiger partial charge in [0.15, 0.2) is 0 Å². The van der Waals surface area contributed by atoms with Gasteiger partial charge in [-0.25, -0.2) is 9.97 Å². The van der Waals surface area contributed by atoms with Crippen LogP contribution in [-0.2, 0) is 0 Å². The van der Waals surface area contributed by atoms with Gasteiger partial charge in [0.05, 0.1) is 17.2 Å². The summed E-state index contributed by atoms with van der Waals surface area (Å²) in [6, 6.07) is 7.00. The molecule has 2 heterocycles. The standard InChI is InChI=1S/C13H8Cl2N2O2/c1-18-11-3-2-7(4-9(11)15)12-17-10-5-8(14)6-16-13(10)19-12/h2-6H,1H3. The van der Waals surface area contributed by atoms with Crippen molar-refractivity contribution >= 4 is 34.4 Å². The molecule has 0 N–H and O–H groups in total. The fraction of sp³-hybridized carbons (Fsp3) is 0.0769. The highest BCUT2D eigenvalue weighted by Gasteiger charge is 2.11. The largest absolute Gasteiger partial charge is 0.495 e. The van der Waals surface area contributed by atoms with Gasteiger partial charge < -0.3 is 9.15 Å². The number of ether oxygens (including phenoxy) is 1. The van der Waals surface area contributed by atoms with E-state index in [1.165, 1.54) is 6.20 Å². The summed E-state index contributed by atoms with van der Waals surface area (Å²) < 4.78 is 10.7. The van der Waals surface area contributed by atoms with Crippen molar-refractivity contribution in [3.8, 4) is 17.2 Å². The van der Waals surface area contributed by atoms with Crippen molar-refractivity contribution in [3.05, 3.63) is 40.5 Å². The summed E-state index contributed by atoms with van der Waals surface area (Å²) in [7, 11) is 1.56. The van der Waals surface area contributed by atoms with E-state index in [0.717, 1.165) is 5.56 Å². The molecule has 6 heteroatoms. The van der Waals surface area contributed by atoms with Gasteiger partial charge in [0.1, 0.15) is 11.3 Å². The Balaban J connectivity index is 2.11. The highest BCUT2D eigenvalue weighted by molar-refractivity contribution is 6.32. The van der Waals surface area contributed by atoms with E-state index in [4.69, 9.17) is 32.4 Å². The normalized spacial score (nSPS) is 10.9. The molecule has 0 aliphatic heterocycles. The monoisotopic (exact) mass is 294 g/mol. The maximum Gasteiger partial charge on any atom is 0.247 e. The molecule has 0 aliphatic carbocycles. The molecule has 0 saturated carbocycles. The highest BCUT2D eigenvalue weighted by Crippen LogP contribution is 2.31. The van der Waals surface area contributed by atoms with E-state index in [9.17, 15) is 0 Å². The van der Waals surface area contributed by atoms with Crippen LogP contribution < -0.4 is 4.74 Å². The van der Waals surface area contributed by atoms with Gasteiger partial charge in [-0.3, -0.25) is 0 Å². The predicted octanol–water partition coefficient (Wildman–Crippen LogP) is 4.21. The Hall–Kier alpha value is -1.78. The molecule has 19 heavy (non-hydrogen) atoms. The van der Waals surface area contributed by atoms with Gasteiger partial charge in [-0.2, -0.15) is 0 Å². The minimum Gasteiger partial charge on any atom is -0.495 e. The summed E-state index contributed by atoms with van der Waals surface area (Å²) in [5.41, 5.74) is 1.79. The van der Waals surface area contributed by atoms with E-state index >= 15 is 0 Å². The third-order valence-electron chi connectivity index (χ3n) is 2.61. The van der Waals surface area contributed by atoms with Gasteiger partial charge in [-0.1, -0.05) is 23.2 Å². The Bertz CT molecular complexity index is 755. The summed E-state index contributed by atoms with van der Waals surface area (Å²) in [6.07, 6.45) is 1.51. The molecule has 0 radical (unpaired) electrons. The van der Waals surface area contributed by atoms with E-state index in [1.54, 1.807) is 25.3 Å². The molecule has 0 aliphatic rings. The molecule has 0 amide bonds. The fourth-order valence-electron chi connectivity index (χ4n) is 1.72. The summed E-state index contributed by atoms with van der Waals surface area (Å²) >= 11 is 11.9. The highest BCUT2D eigenvalue weighted by atomic mass is 35.5. The lowest BCUT2D eigenvalue weighted by Gasteiger charge is -2.03. The van der Waals surface area contributed by atoms with E-state index in [2.05, 4.69) is 9.97 Å². The van der Waals surface area contributed by atoms with Crippen LogP contribution in [-0.4, -0.2) is 17.1 Å². The number of fused-ring (bicyclic) bond motifs is 1. The number of halogens is 2. The molecule has 2 aromatic heterocycles. The van der Waals surface area contributed by atoms with Crippen molar-refractivity contribution in [1.82, 2.24) is 9.97 Å². The van der Waals surface area contributed by atoms with E-state index in [0.29, 0.717) is 32.9 Å². The molecule has 0 atom stereocenters. The lowest BCUT2D eigenvalue weighted by molar-refractivity contribution is 0.415. The first kappa shape index (κ1) is 12.3. The number of pyridine rings is 1. The van der Waals surface area contributed by atoms with Crippen LogP contribution in [0.3, 0.4) is 0 Å². The maximum atomic E-state index is 6.07. The van der Waals surface area contributed by atoms with Crippen molar-refractivity contribution in [2.75, 3.05) is 7.11 Å². The molecule has 4 nitrogen and oxygen atoms in total. The summed E-state index contributed by atoms with van der Waals surface area (Å²) in [6.45, 7) is 0.